The van der Waals surface area contributed by atoms with Gasteiger partial charge < -0.3 is 10.2 Å². The Hall–Kier alpha value is -0.0800. The summed E-state index contributed by atoms with van der Waals surface area (Å²) in [7, 11) is 0. The van der Waals surface area contributed by atoms with Crippen LogP contribution in [0.25, 0.3) is 0 Å². The first-order valence-corrected chi connectivity index (χ1v) is 6.04. The summed E-state index contributed by atoms with van der Waals surface area (Å²) in [6.45, 7) is 14.1. The van der Waals surface area contributed by atoms with E-state index in [1.807, 2.05) is 0 Å². The summed E-state index contributed by atoms with van der Waals surface area (Å²) in [5, 5.41) is 3.56. The molecule has 0 aliphatic carbocycles. The van der Waals surface area contributed by atoms with Crippen LogP contribution in [0.2, 0.25) is 0 Å². The fourth-order valence-electron chi connectivity index (χ4n) is 2.07. The monoisotopic (exact) mass is 198 g/mol. The van der Waals surface area contributed by atoms with Crippen LogP contribution < -0.4 is 5.32 Å². The Balaban J connectivity index is 2.10. The number of rotatable bonds is 5. The molecule has 1 aliphatic heterocycles. The van der Waals surface area contributed by atoms with Crippen LogP contribution in [0, 0.1) is 11.8 Å². The second-order valence-electron chi connectivity index (χ2n) is 5.30. The Kier molecular flexibility index (Phi) is 4.90. The summed E-state index contributed by atoms with van der Waals surface area (Å²) < 4.78 is 0. The molecule has 0 aromatic carbocycles. The molecule has 1 atom stereocenters. The summed E-state index contributed by atoms with van der Waals surface area (Å²) in [6, 6.07) is 0.727. The Morgan fingerprint density at radius 2 is 2.00 bits per heavy atom. The van der Waals surface area contributed by atoms with Crippen molar-refractivity contribution in [2.45, 2.75) is 40.2 Å². The maximum absolute atomic E-state index is 3.56. The lowest BCUT2D eigenvalue weighted by Crippen LogP contribution is -2.31. The summed E-state index contributed by atoms with van der Waals surface area (Å²) in [5.41, 5.74) is 0. The molecular formula is C12H26N2. The molecule has 0 saturated carbocycles. The van der Waals surface area contributed by atoms with Crippen LogP contribution in [0.1, 0.15) is 34.1 Å². The second kappa shape index (κ2) is 5.72. The first-order valence-electron chi connectivity index (χ1n) is 6.04. The van der Waals surface area contributed by atoms with Crippen LogP contribution in [-0.2, 0) is 0 Å². The Labute approximate surface area is 89.1 Å². The van der Waals surface area contributed by atoms with Gasteiger partial charge in [-0.3, -0.25) is 0 Å². The van der Waals surface area contributed by atoms with E-state index in [2.05, 4.69) is 37.9 Å². The van der Waals surface area contributed by atoms with Crippen molar-refractivity contribution in [3.8, 4) is 0 Å². The van der Waals surface area contributed by atoms with E-state index in [9.17, 15) is 0 Å². The molecule has 0 radical (unpaired) electrons. The van der Waals surface area contributed by atoms with E-state index in [1.54, 1.807) is 0 Å². The van der Waals surface area contributed by atoms with E-state index in [-0.39, 0.29) is 0 Å². The first kappa shape index (κ1) is 12.0. The number of nitrogens with zero attached hydrogens (tertiary/aromatic N) is 1. The quantitative estimate of drug-likeness (QED) is 0.726. The highest BCUT2D eigenvalue weighted by atomic mass is 15.2. The van der Waals surface area contributed by atoms with Crippen molar-refractivity contribution in [2.75, 3.05) is 26.2 Å². The van der Waals surface area contributed by atoms with E-state index >= 15 is 0 Å². The molecule has 1 fully saturated rings. The van der Waals surface area contributed by atoms with Crippen molar-refractivity contribution < 1.29 is 0 Å². The number of nitrogens with one attached hydrogen (secondary N) is 1. The summed E-state index contributed by atoms with van der Waals surface area (Å²) >= 11 is 0. The molecule has 84 valence electrons. The number of hydrogen-bond acceptors (Lipinski definition) is 2. The maximum Gasteiger partial charge on any atom is 0.00387 e. The van der Waals surface area contributed by atoms with E-state index in [4.69, 9.17) is 0 Å². The smallest absolute Gasteiger partial charge is 0.00387 e. The second-order valence-corrected chi connectivity index (χ2v) is 5.30. The van der Waals surface area contributed by atoms with Gasteiger partial charge in [0.2, 0.25) is 0 Å². The number of hydrogen-bond donors (Lipinski definition) is 1. The van der Waals surface area contributed by atoms with E-state index in [0.717, 1.165) is 24.4 Å². The van der Waals surface area contributed by atoms with Crippen molar-refractivity contribution in [2.24, 2.45) is 11.8 Å². The third kappa shape index (κ3) is 3.97. The molecule has 0 aromatic heterocycles. The predicted molar refractivity (Wildman–Crippen MR) is 62.5 cm³/mol. The molecule has 2 heteroatoms. The van der Waals surface area contributed by atoms with Gasteiger partial charge in [0.05, 0.1) is 0 Å². The highest BCUT2D eigenvalue weighted by molar-refractivity contribution is 4.79. The van der Waals surface area contributed by atoms with Crippen LogP contribution in [-0.4, -0.2) is 37.1 Å². The van der Waals surface area contributed by atoms with Crippen molar-refractivity contribution >= 4 is 0 Å². The average molecular weight is 198 g/mol. The summed E-state index contributed by atoms with van der Waals surface area (Å²) in [6.07, 6.45) is 1.38. The largest absolute Gasteiger partial charge is 0.316 e. The third-order valence-corrected chi connectivity index (χ3v) is 3.03. The van der Waals surface area contributed by atoms with Gasteiger partial charge in [0, 0.05) is 12.6 Å². The molecule has 0 aromatic rings. The van der Waals surface area contributed by atoms with Gasteiger partial charge in [-0.05, 0) is 51.7 Å². The van der Waals surface area contributed by atoms with E-state index in [0.29, 0.717) is 0 Å². The van der Waals surface area contributed by atoms with Crippen molar-refractivity contribution in [3.63, 3.8) is 0 Å². The van der Waals surface area contributed by atoms with Crippen LogP contribution in [0.4, 0.5) is 0 Å². The Morgan fingerprint density at radius 1 is 1.29 bits per heavy atom. The maximum atomic E-state index is 3.56. The molecular weight excluding hydrogens is 172 g/mol. The van der Waals surface area contributed by atoms with Crippen LogP contribution in [0.5, 0.6) is 0 Å². The lowest BCUT2D eigenvalue weighted by molar-refractivity contribution is 0.263. The minimum atomic E-state index is 0.727. The Bertz CT molecular complexity index is 154. The summed E-state index contributed by atoms with van der Waals surface area (Å²) in [4.78, 5) is 2.59. The molecule has 1 saturated heterocycles. The minimum Gasteiger partial charge on any atom is -0.316 e. The molecule has 14 heavy (non-hydrogen) atoms. The normalized spacial score (nSPS) is 24.0. The zero-order valence-corrected chi connectivity index (χ0v) is 10.2. The van der Waals surface area contributed by atoms with Crippen molar-refractivity contribution in [1.82, 2.24) is 10.2 Å². The van der Waals surface area contributed by atoms with Crippen molar-refractivity contribution in [1.29, 1.82) is 0 Å². The van der Waals surface area contributed by atoms with Crippen LogP contribution >= 0.6 is 0 Å². The molecule has 0 bridgehead atoms. The fraction of sp³-hybridized carbons (Fsp3) is 1.00. The molecule has 1 unspecified atom stereocenters. The standard InChI is InChI=1S/C12H26N2/c1-10(2)7-13-8-12-5-6-14(9-12)11(3)4/h10-13H,5-9H2,1-4H3. The molecule has 0 spiro atoms. The highest BCUT2D eigenvalue weighted by Gasteiger charge is 2.23. The van der Waals surface area contributed by atoms with E-state index < -0.39 is 0 Å². The molecule has 1 rings (SSSR count). The molecule has 0 amide bonds. The predicted octanol–water partition coefficient (Wildman–Crippen LogP) is 1.96. The SMILES string of the molecule is CC(C)CNCC1CCN(C(C)C)C1. The van der Waals surface area contributed by atoms with Gasteiger partial charge in [-0.2, -0.15) is 0 Å². The van der Waals surface area contributed by atoms with Crippen LogP contribution in [0.3, 0.4) is 0 Å². The Morgan fingerprint density at radius 3 is 2.50 bits per heavy atom. The summed E-state index contributed by atoms with van der Waals surface area (Å²) in [5.74, 6) is 1.66. The average Bonchev–Trinajstić information content (AvgIpc) is 2.52. The van der Waals surface area contributed by atoms with Gasteiger partial charge >= 0.3 is 0 Å². The topological polar surface area (TPSA) is 15.3 Å². The van der Waals surface area contributed by atoms with Gasteiger partial charge in [-0.1, -0.05) is 13.8 Å². The van der Waals surface area contributed by atoms with Crippen molar-refractivity contribution in [3.05, 3.63) is 0 Å². The zero-order chi connectivity index (χ0) is 10.6. The lowest BCUT2D eigenvalue weighted by Gasteiger charge is -2.20. The fourth-order valence-corrected chi connectivity index (χ4v) is 2.07. The minimum absolute atomic E-state index is 0.727. The zero-order valence-electron chi connectivity index (χ0n) is 10.2. The van der Waals surface area contributed by atoms with Gasteiger partial charge in [0.15, 0.2) is 0 Å². The third-order valence-electron chi connectivity index (χ3n) is 3.03. The molecule has 1 heterocycles. The molecule has 1 aliphatic rings. The van der Waals surface area contributed by atoms with Crippen LogP contribution in [0.15, 0.2) is 0 Å². The van der Waals surface area contributed by atoms with Gasteiger partial charge in [0.1, 0.15) is 0 Å². The number of likely N-dealkylation sites (tertiary alicyclic amines) is 1. The van der Waals surface area contributed by atoms with Gasteiger partial charge in [0.25, 0.3) is 0 Å². The van der Waals surface area contributed by atoms with E-state index in [1.165, 1.54) is 26.1 Å². The van der Waals surface area contributed by atoms with Gasteiger partial charge in [-0.15, -0.1) is 0 Å². The van der Waals surface area contributed by atoms with Gasteiger partial charge in [-0.25, -0.2) is 0 Å². The molecule has 2 nitrogen and oxygen atoms in total. The molecule has 1 N–H and O–H groups in total. The first-order chi connectivity index (χ1) is 6.59. The highest BCUT2D eigenvalue weighted by Crippen LogP contribution is 2.17. The lowest BCUT2D eigenvalue weighted by atomic mass is 10.1.